The summed E-state index contributed by atoms with van der Waals surface area (Å²) in [4.78, 5) is 47.6. The van der Waals surface area contributed by atoms with Crippen molar-refractivity contribution in [2.75, 3.05) is 27.8 Å². The van der Waals surface area contributed by atoms with Crippen molar-refractivity contribution in [1.82, 2.24) is 15.2 Å². The molecule has 0 bridgehead atoms. The summed E-state index contributed by atoms with van der Waals surface area (Å²) in [6.07, 6.45) is -4.62. The molecule has 18 nitrogen and oxygen atoms in total. The van der Waals surface area contributed by atoms with Gasteiger partial charge in [0, 0.05) is 56.0 Å². The number of aliphatic hydroxyl groups excluding tert-OH is 2. The molecule has 418 valence electrons. The predicted octanol–water partition coefficient (Wildman–Crippen LogP) is 6.97. The summed E-state index contributed by atoms with van der Waals surface area (Å²) in [5.74, 6) is -4.65. The van der Waals surface area contributed by atoms with E-state index >= 15 is 0 Å². The normalized spacial score (nSPS) is 39.1. The van der Waals surface area contributed by atoms with Gasteiger partial charge in [-0.05, 0) is 119 Å². The third kappa shape index (κ3) is 14.8. The SMILES string of the molecule is CC[C@H]1OC(=O)[C@H](C)[C@@H](OC2C[C@@](C)(OC)[C@@H](OC(C)=O)[C@H](C)O2)[C@H](C)[C@@H](O[C@@H]2O[C@H](C)C[C@H](N(C)C)[C@H]2O)[C@@](C)(OC/C=C\c2cnc3ccccc3c2)C[C@@H](C)C(NC(=O)OC(C)(C)C)[C@H](C)[C@@H](O)[C@]1(C)O. The molecule has 4 N–H and O–H groups in total. The maximum absolute atomic E-state index is 14.9. The van der Waals surface area contributed by atoms with E-state index in [9.17, 15) is 29.7 Å². The number of aromatic nitrogens is 1. The molecule has 0 aliphatic carbocycles. The fourth-order valence-corrected chi connectivity index (χ4v) is 11.4. The summed E-state index contributed by atoms with van der Waals surface area (Å²) in [6, 6.07) is 8.59. The van der Waals surface area contributed by atoms with Crippen molar-refractivity contribution >= 4 is 35.0 Å². The fraction of sp³-hybridized carbons (Fsp3) is 0.750. The topological polar surface area (TPSA) is 223 Å². The fourth-order valence-electron chi connectivity index (χ4n) is 11.4. The smallest absolute Gasteiger partial charge is 0.407 e. The summed E-state index contributed by atoms with van der Waals surface area (Å²) in [7, 11) is 5.29. The molecule has 2 aromatic rings. The van der Waals surface area contributed by atoms with E-state index < -0.39 is 125 Å². The minimum atomic E-state index is -2.03. The van der Waals surface area contributed by atoms with Gasteiger partial charge in [0.25, 0.3) is 0 Å². The number of nitrogens with zero attached hydrogens (tertiary/aromatic N) is 2. The number of carbonyl (C=O) groups excluding carboxylic acids is 3. The molecule has 18 heteroatoms. The highest BCUT2D eigenvalue weighted by atomic mass is 16.7. The number of hydrogen-bond acceptors (Lipinski definition) is 17. The summed E-state index contributed by atoms with van der Waals surface area (Å²) < 4.78 is 58.2. The highest BCUT2D eigenvalue weighted by Crippen LogP contribution is 2.43. The maximum atomic E-state index is 14.9. The molecule has 19 atom stereocenters. The van der Waals surface area contributed by atoms with Gasteiger partial charge in [-0.3, -0.25) is 14.6 Å². The quantitative estimate of drug-likeness (QED) is 0.117. The first-order valence-electron chi connectivity index (χ1n) is 26.4. The van der Waals surface area contributed by atoms with Crippen LogP contribution in [0.5, 0.6) is 0 Å². The Morgan fingerprint density at radius 1 is 0.959 bits per heavy atom. The number of benzene rings is 1. The van der Waals surface area contributed by atoms with E-state index in [0.29, 0.717) is 6.42 Å². The van der Waals surface area contributed by atoms with Gasteiger partial charge in [0.15, 0.2) is 18.7 Å². The summed E-state index contributed by atoms with van der Waals surface area (Å²) >= 11 is 0. The first-order valence-corrected chi connectivity index (χ1v) is 26.4. The average molecular weight is 1040 g/mol. The minimum Gasteiger partial charge on any atom is -0.459 e. The van der Waals surface area contributed by atoms with Crippen LogP contribution < -0.4 is 5.32 Å². The molecule has 74 heavy (non-hydrogen) atoms. The summed E-state index contributed by atoms with van der Waals surface area (Å²) in [6.45, 7) is 24.3. The Labute approximate surface area is 439 Å². The number of aliphatic hydroxyl groups is 3. The maximum Gasteiger partial charge on any atom is 0.407 e. The minimum absolute atomic E-state index is 0.0265. The van der Waals surface area contributed by atoms with Gasteiger partial charge in [0.1, 0.15) is 29.0 Å². The molecular formula is C56H89N3O15. The Hall–Kier alpha value is -3.82. The van der Waals surface area contributed by atoms with Crippen LogP contribution in [0, 0.1) is 23.7 Å². The van der Waals surface area contributed by atoms with E-state index in [1.165, 1.54) is 21.0 Å². The lowest BCUT2D eigenvalue weighted by atomic mass is 9.72. The number of alkyl carbamates (subject to hydrolysis) is 1. The van der Waals surface area contributed by atoms with Gasteiger partial charge in [-0.25, -0.2) is 4.79 Å². The number of fused-ring (bicyclic) bond motifs is 1. The lowest BCUT2D eigenvalue weighted by Gasteiger charge is -2.51. The largest absolute Gasteiger partial charge is 0.459 e. The van der Waals surface area contributed by atoms with Crippen molar-refractivity contribution < 1.29 is 72.3 Å². The Morgan fingerprint density at radius 2 is 1.64 bits per heavy atom. The monoisotopic (exact) mass is 1040 g/mol. The van der Waals surface area contributed by atoms with E-state index in [0.717, 1.165) is 16.5 Å². The molecule has 3 aliphatic heterocycles. The number of amides is 1. The van der Waals surface area contributed by atoms with Crippen molar-refractivity contribution in [3.63, 3.8) is 0 Å². The third-order valence-electron chi connectivity index (χ3n) is 15.5. The number of cyclic esters (lactones) is 1. The molecule has 3 aliphatic rings. The second-order valence-electron chi connectivity index (χ2n) is 23.1. The Balaban J connectivity index is 1.73. The number of hydrogen-bond donors (Lipinski definition) is 4. The zero-order valence-electron chi connectivity index (χ0n) is 47.0. The molecule has 1 aromatic carbocycles. The van der Waals surface area contributed by atoms with Crippen LogP contribution in [0.25, 0.3) is 17.0 Å². The van der Waals surface area contributed by atoms with Crippen LogP contribution >= 0.6 is 0 Å². The van der Waals surface area contributed by atoms with E-state index in [1.807, 2.05) is 89.2 Å². The van der Waals surface area contributed by atoms with Crippen LogP contribution in [-0.4, -0.2) is 167 Å². The van der Waals surface area contributed by atoms with E-state index in [1.54, 1.807) is 61.6 Å². The zero-order valence-corrected chi connectivity index (χ0v) is 47.0. The van der Waals surface area contributed by atoms with Crippen molar-refractivity contribution in [2.45, 2.75) is 219 Å². The molecule has 4 heterocycles. The lowest BCUT2D eigenvalue weighted by Crippen LogP contribution is -2.63. The van der Waals surface area contributed by atoms with Crippen LogP contribution in [0.4, 0.5) is 4.79 Å². The van der Waals surface area contributed by atoms with E-state index in [2.05, 4.69) is 10.3 Å². The molecule has 2 unspecified atom stereocenters. The van der Waals surface area contributed by atoms with Gasteiger partial charge in [-0.2, -0.15) is 0 Å². The standard InChI is InChI=1S/C56H89N3O15/c1-18-42-56(14,65)47(62)33(4)44(58-52(64)74-53(9,10)11)31(2)28-55(13,67-25-21-22-38-27-39-23-19-20-24-40(39)57-30-38)48(73-51-45(61)41(59(15)16)26-32(3)68-51)34(5)46(35(6)50(63)71-42)72-43-29-54(12,66-17)49(36(7)69-43)70-37(8)60/h19-24,27,30-36,41-49,51,61-62,65H,18,25-26,28-29H2,1-17H3,(H,58,64)/b22-21-/t31-,32-,33+,34+,35-,36+,41+,42-,43?,44?,45-,46+,47-,48-,49+,51+,54-,55+,56-/m1/s1. The van der Waals surface area contributed by atoms with Crippen LogP contribution in [0.15, 0.2) is 42.6 Å². The molecule has 1 aromatic heterocycles. The van der Waals surface area contributed by atoms with Crippen LogP contribution in [0.3, 0.4) is 0 Å². The van der Waals surface area contributed by atoms with Gasteiger partial charge in [0.05, 0.1) is 54.2 Å². The van der Waals surface area contributed by atoms with Gasteiger partial charge in [-0.1, -0.05) is 58.0 Å². The Morgan fingerprint density at radius 3 is 2.26 bits per heavy atom. The molecular weight excluding hydrogens is 955 g/mol. The van der Waals surface area contributed by atoms with Gasteiger partial charge >= 0.3 is 18.0 Å². The molecule has 0 radical (unpaired) electrons. The van der Waals surface area contributed by atoms with Gasteiger partial charge in [0.2, 0.25) is 0 Å². The number of rotatable bonds is 13. The Kier molecular flexibility index (Phi) is 20.7. The second kappa shape index (κ2) is 25.1. The highest BCUT2D eigenvalue weighted by molar-refractivity contribution is 5.80. The molecule has 1 amide bonds. The molecule has 3 fully saturated rings. The number of esters is 2. The average Bonchev–Trinajstić information content (AvgIpc) is 3.32. The van der Waals surface area contributed by atoms with Gasteiger partial charge in [-0.15, -0.1) is 0 Å². The molecule has 5 rings (SSSR count). The number of likely N-dealkylation sites (N-methyl/N-ethyl adjacent to an activating group) is 1. The lowest BCUT2D eigenvalue weighted by molar-refractivity contribution is -0.321. The van der Waals surface area contributed by atoms with E-state index in [-0.39, 0.29) is 38.0 Å². The van der Waals surface area contributed by atoms with Crippen molar-refractivity contribution in [1.29, 1.82) is 0 Å². The van der Waals surface area contributed by atoms with Crippen molar-refractivity contribution in [3.8, 4) is 0 Å². The number of nitrogens with one attached hydrogen (secondary N) is 1. The number of pyridine rings is 1. The summed E-state index contributed by atoms with van der Waals surface area (Å²) in [5, 5.41) is 40.8. The van der Waals surface area contributed by atoms with E-state index in [4.69, 9.17) is 42.6 Å². The summed E-state index contributed by atoms with van der Waals surface area (Å²) in [5.41, 5.74) is -3.72. The predicted molar refractivity (Wildman–Crippen MR) is 278 cm³/mol. The second-order valence-corrected chi connectivity index (χ2v) is 23.1. The van der Waals surface area contributed by atoms with Crippen LogP contribution in [-0.2, 0) is 52.2 Å². The third-order valence-corrected chi connectivity index (χ3v) is 15.5. The number of ether oxygens (including phenoxy) is 9. The van der Waals surface area contributed by atoms with Crippen molar-refractivity contribution in [2.24, 2.45) is 23.7 Å². The first-order chi connectivity index (χ1) is 34.4. The number of para-hydroxylation sites is 1. The number of methoxy groups -OCH3 is 1. The van der Waals surface area contributed by atoms with Crippen LogP contribution in [0.1, 0.15) is 128 Å². The number of carbonyl (C=O) groups is 3. The molecule has 0 spiro atoms. The Bertz CT molecular complexity index is 2200. The first kappa shape index (κ1) is 61.0. The van der Waals surface area contributed by atoms with Gasteiger partial charge < -0.3 is 68.2 Å². The zero-order chi connectivity index (χ0) is 55.2. The molecule has 0 saturated carbocycles. The highest BCUT2D eigenvalue weighted by Gasteiger charge is 2.55. The van der Waals surface area contributed by atoms with Crippen LogP contribution in [0.2, 0.25) is 0 Å². The molecule has 3 saturated heterocycles. The van der Waals surface area contributed by atoms with Crippen molar-refractivity contribution in [3.05, 3.63) is 48.2 Å².